The van der Waals surface area contributed by atoms with Gasteiger partial charge in [-0.05, 0) is 24.5 Å². The molecule has 0 aliphatic carbocycles. The Morgan fingerprint density at radius 1 is 1.50 bits per heavy atom. The largest absolute Gasteiger partial charge is 0.391 e. The molecule has 2 N–H and O–H groups in total. The maximum atomic E-state index is 9.82. The normalized spacial score (nSPS) is 25.8. The van der Waals surface area contributed by atoms with E-state index in [0.29, 0.717) is 18.2 Å². The molecule has 0 aromatic carbocycles. The Balaban J connectivity index is 2.12. The molecule has 1 saturated heterocycles. The van der Waals surface area contributed by atoms with Crippen LogP contribution >= 0.6 is 0 Å². The molecule has 0 spiro atoms. The van der Waals surface area contributed by atoms with E-state index in [-0.39, 0.29) is 12.7 Å². The number of pyridine rings is 1. The average Bonchev–Trinajstić information content (AvgIpc) is 2.33. The number of hydrogen-bond donors (Lipinski definition) is 2. The van der Waals surface area contributed by atoms with E-state index in [0.717, 1.165) is 18.8 Å². The van der Waals surface area contributed by atoms with Gasteiger partial charge in [-0.2, -0.15) is 0 Å². The third-order valence-electron chi connectivity index (χ3n) is 3.20. The Hall–Kier alpha value is -1.13. The molecule has 0 amide bonds. The first kappa shape index (κ1) is 11.4. The molecule has 16 heavy (non-hydrogen) atoms. The molecule has 1 aromatic heterocycles. The van der Waals surface area contributed by atoms with E-state index in [2.05, 4.69) is 16.8 Å². The van der Waals surface area contributed by atoms with Crippen molar-refractivity contribution < 1.29 is 10.2 Å². The highest BCUT2D eigenvalue weighted by molar-refractivity contribution is 5.40. The molecule has 1 aromatic rings. The van der Waals surface area contributed by atoms with E-state index in [1.165, 1.54) is 0 Å². The van der Waals surface area contributed by atoms with Crippen LogP contribution in [0.1, 0.15) is 19.0 Å². The summed E-state index contributed by atoms with van der Waals surface area (Å²) in [6.07, 6.45) is 0.694. The van der Waals surface area contributed by atoms with Gasteiger partial charge in [0, 0.05) is 13.1 Å². The summed E-state index contributed by atoms with van der Waals surface area (Å²) in [5.74, 6) is 1.20. The Kier molecular flexibility index (Phi) is 3.41. The first-order chi connectivity index (χ1) is 7.70. The Bertz CT molecular complexity index is 357. The lowest BCUT2D eigenvalue weighted by atomic mass is 9.96. The highest BCUT2D eigenvalue weighted by Gasteiger charge is 2.24. The minimum atomic E-state index is -0.284. The zero-order valence-electron chi connectivity index (χ0n) is 9.50. The number of rotatable bonds is 2. The second kappa shape index (κ2) is 4.80. The summed E-state index contributed by atoms with van der Waals surface area (Å²) in [5, 5.41) is 18.8. The van der Waals surface area contributed by atoms with E-state index in [1.807, 2.05) is 12.1 Å². The van der Waals surface area contributed by atoms with Gasteiger partial charge < -0.3 is 15.1 Å². The van der Waals surface area contributed by atoms with Crippen molar-refractivity contribution in [1.29, 1.82) is 0 Å². The third-order valence-corrected chi connectivity index (χ3v) is 3.20. The van der Waals surface area contributed by atoms with E-state index in [9.17, 15) is 5.11 Å². The van der Waals surface area contributed by atoms with Crippen molar-refractivity contribution in [3.05, 3.63) is 23.9 Å². The van der Waals surface area contributed by atoms with E-state index < -0.39 is 0 Å². The minimum absolute atomic E-state index is 0.0410. The molecular formula is C12H18N2O2. The number of hydrogen-bond acceptors (Lipinski definition) is 4. The molecule has 4 heteroatoms. The van der Waals surface area contributed by atoms with Crippen LogP contribution in [0, 0.1) is 5.92 Å². The molecule has 88 valence electrons. The van der Waals surface area contributed by atoms with Gasteiger partial charge in [0.1, 0.15) is 5.82 Å². The molecule has 2 unspecified atom stereocenters. The van der Waals surface area contributed by atoms with E-state index in [1.54, 1.807) is 6.07 Å². The SMILES string of the molecule is CC1CCN(c2cccc(CO)n2)CC1O. The zero-order valence-corrected chi connectivity index (χ0v) is 9.50. The van der Waals surface area contributed by atoms with Gasteiger partial charge in [-0.25, -0.2) is 4.98 Å². The summed E-state index contributed by atoms with van der Waals surface area (Å²) in [4.78, 5) is 6.41. The van der Waals surface area contributed by atoms with Crippen LogP contribution in [0.4, 0.5) is 5.82 Å². The van der Waals surface area contributed by atoms with Crippen LogP contribution in [0.15, 0.2) is 18.2 Å². The molecule has 2 rings (SSSR count). The van der Waals surface area contributed by atoms with Gasteiger partial charge in [0.2, 0.25) is 0 Å². The average molecular weight is 222 g/mol. The van der Waals surface area contributed by atoms with Crippen molar-refractivity contribution in [1.82, 2.24) is 4.98 Å². The molecule has 1 aliphatic rings. The van der Waals surface area contributed by atoms with Crippen LogP contribution in [0.3, 0.4) is 0 Å². The maximum absolute atomic E-state index is 9.82. The van der Waals surface area contributed by atoms with Crippen LogP contribution in [0.2, 0.25) is 0 Å². The maximum Gasteiger partial charge on any atom is 0.128 e. The van der Waals surface area contributed by atoms with Crippen molar-refractivity contribution in [2.45, 2.75) is 26.1 Å². The number of aromatic nitrogens is 1. The zero-order chi connectivity index (χ0) is 11.5. The minimum Gasteiger partial charge on any atom is -0.391 e. The highest BCUT2D eigenvalue weighted by atomic mass is 16.3. The Morgan fingerprint density at radius 3 is 3.00 bits per heavy atom. The van der Waals surface area contributed by atoms with Gasteiger partial charge in [0.15, 0.2) is 0 Å². The lowest BCUT2D eigenvalue weighted by molar-refractivity contribution is 0.102. The summed E-state index contributed by atoms with van der Waals surface area (Å²) in [6.45, 7) is 3.57. The molecule has 0 radical (unpaired) electrons. The van der Waals surface area contributed by atoms with Gasteiger partial charge in [0.05, 0.1) is 18.4 Å². The summed E-state index contributed by atoms with van der Waals surface area (Å²) >= 11 is 0. The first-order valence-corrected chi connectivity index (χ1v) is 5.70. The summed E-state index contributed by atoms with van der Waals surface area (Å²) < 4.78 is 0. The smallest absolute Gasteiger partial charge is 0.128 e. The lowest BCUT2D eigenvalue weighted by Gasteiger charge is -2.35. The fourth-order valence-corrected chi connectivity index (χ4v) is 1.99. The molecule has 0 saturated carbocycles. The number of aliphatic hydroxyl groups is 2. The second-order valence-corrected chi connectivity index (χ2v) is 4.42. The van der Waals surface area contributed by atoms with Crippen molar-refractivity contribution >= 4 is 5.82 Å². The van der Waals surface area contributed by atoms with Crippen molar-refractivity contribution in [2.24, 2.45) is 5.92 Å². The van der Waals surface area contributed by atoms with Gasteiger partial charge in [-0.3, -0.25) is 0 Å². The molecule has 2 heterocycles. The first-order valence-electron chi connectivity index (χ1n) is 5.70. The number of aliphatic hydroxyl groups excluding tert-OH is 2. The van der Waals surface area contributed by atoms with Gasteiger partial charge >= 0.3 is 0 Å². The molecule has 1 aliphatic heterocycles. The van der Waals surface area contributed by atoms with Crippen molar-refractivity contribution in [3.63, 3.8) is 0 Å². The predicted molar refractivity (Wildman–Crippen MR) is 62.2 cm³/mol. The Morgan fingerprint density at radius 2 is 2.31 bits per heavy atom. The monoisotopic (exact) mass is 222 g/mol. The van der Waals surface area contributed by atoms with Crippen molar-refractivity contribution in [2.75, 3.05) is 18.0 Å². The van der Waals surface area contributed by atoms with Gasteiger partial charge in [0.25, 0.3) is 0 Å². The predicted octanol–water partition coefficient (Wildman–Crippen LogP) is 0.781. The molecular weight excluding hydrogens is 204 g/mol. The summed E-state index contributed by atoms with van der Waals surface area (Å²) in [7, 11) is 0. The number of anilines is 1. The third kappa shape index (κ3) is 2.33. The Labute approximate surface area is 95.5 Å². The van der Waals surface area contributed by atoms with Gasteiger partial charge in [-0.15, -0.1) is 0 Å². The van der Waals surface area contributed by atoms with Crippen LogP contribution in [0.5, 0.6) is 0 Å². The van der Waals surface area contributed by atoms with Gasteiger partial charge in [-0.1, -0.05) is 13.0 Å². The lowest BCUT2D eigenvalue weighted by Crippen LogP contribution is -2.43. The number of nitrogens with zero attached hydrogens (tertiary/aromatic N) is 2. The molecule has 2 atom stereocenters. The number of β-amino-alcohol motifs (C(OH)–C–C–N with tert-alkyl or cyclic N) is 1. The topological polar surface area (TPSA) is 56.6 Å². The highest BCUT2D eigenvalue weighted by Crippen LogP contribution is 2.21. The number of piperidine rings is 1. The molecule has 4 nitrogen and oxygen atoms in total. The van der Waals surface area contributed by atoms with Crippen LogP contribution in [-0.2, 0) is 6.61 Å². The molecule has 1 fully saturated rings. The summed E-state index contributed by atoms with van der Waals surface area (Å²) in [5.41, 5.74) is 0.672. The van der Waals surface area contributed by atoms with Crippen molar-refractivity contribution in [3.8, 4) is 0 Å². The van der Waals surface area contributed by atoms with Crippen LogP contribution in [0.25, 0.3) is 0 Å². The fourth-order valence-electron chi connectivity index (χ4n) is 1.99. The standard InChI is InChI=1S/C12H18N2O2/c1-9-5-6-14(7-11(9)16)12-4-2-3-10(8-15)13-12/h2-4,9,11,15-16H,5-8H2,1H3. The quantitative estimate of drug-likeness (QED) is 0.776. The summed E-state index contributed by atoms with van der Waals surface area (Å²) in [6, 6.07) is 5.60. The molecule has 0 bridgehead atoms. The van der Waals surface area contributed by atoms with Crippen LogP contribution in [-0.4, -0.2) is 34.4 Å². The van der Waals surface area contributed by atoms with E-state index in [4.69, 9.17) is 5.11 Å². The fraction of sp³-hybridized carbons (Fsp3) is 0.583. The second-order valence-electron chi connectivity index (χ2n) is 4.42. The van der Waals surface area contributed by atoms with Crippen LogP contribution < -0.4 is 4.90 Å². The van der Waals surface area contributed by atoms with E-state index >= 15 is 0 Å².